The summed E-state index contributed by atoms with van der Waals surface area (Å²) >= 11 is 6.29. The van der Waals surface area contributed by atoms with Gasteiger partial charge in [0.25, 0.3) is 0 Å². The highest BCUT2D eigenvalue weighted by molar-refractivity contribution is 6.33. The predicted octanol–water partition coefficient (Wildman–Crippen LogP) is 5.61. The van der Waals surface area contributed by atoms with Crippen LogP contribution in [-0.2, 0) is 0 Å². The van der Waals surface area contributed by atoms with Gasteiger partial charge in [-0.25, -0.2) is 0 Å². The number of aromatic nitrogens is 2. The van der Waals surface area contributed by atoms with Gasteiger partial charge in [-0.1, -0.05) is 54.1 Å². The van der Waals surface area contributed by atoms with Crippen LogP contribution in [0.4, 0.5) is 5.69 Å². The Morgan fingerprint density at radius 1 is 0.900 bits per heavy atom. The first-order chi connectivity index (χ1) is 14.7. The lowest BCUT2D eigenvalue weighted by Gasteiger charge is -2.19. The number of methoxy groups -OCH3 is 2. The van der Waals surface area contributed by atoms with Crippen LogP contribution in [-0.4, -0.2) is 24.4 Å². The number of hydrogen-bond acceptors (Lipinski definition) is 6. The molecule has 0 aliphatic rings. The van der Waals surface area contributed by atoms with Crippen LogP contribution in [0, 0.1) is 0 Å². The van der Waals surface area contributed by atoms with Crippen molar-refractivity contribution in [3.8, 4) is 23.0 Å². The second-order valence-electron chi connectivity index (χ2n) is 6.48. The van der Waals surface area contributed by atoms with E-state index in [2.05, 4.69) is 15.5 Å². The lowest BCUT2D eigenvalue weighted by atomic mass is 10.1. The Morgan fingerprint density at radius 2 is 1.67 bits per heavy atom. The van der Waals surface area contributed by atoms with E-state index < -0.39 is 6.04 Å². The molecule has 1 atom stereocenters. The molecular weight excluding hydrogens is 402 g/mol. The van der Waals surface area contributed by atoms with E-state index >= 15 is 0 Å². The summed E-state index contributed by atoms with van der Waals surface area (Å²) in [6.45, 7) is 0. The summed E-state index contributed by atoms with van der Waals surface area (Å²) in [7, 11) is 3.23. The Kier molecular flexibility index (Phi) is 5.86. The minimum atomic E-state index is -0.391. The van der Waals surface area contributed by atoms with Gasteiger partial charge >= 0.3 is 0 Å². The lowest BCUT2D eigenvalue weighted by Crippen LogP contribution is -2.13. The molecule has 0 amide bonds. The highest BCUT2D eigenvalue weighted by Crippen LogP contribution is 2.35. The molecule has 152 valence electrons. The molecule has 6 nitrogen and oxygen atoms in total. The molecule has 4 aromatic rings. The summed E-state index contributed by atoms with van der Waals surface area (Å²) in [5.74, 6) is 2.11. The second kappa shape index (κ2) is 8.88. The molecule has 7 heteroatoms. The molecule has 4 rings (SSSR count). The molecule has 30 heavy (non-hydrogen) atoms. The van der Waals surface area contributed by atoms with Gasteiger partial charge in [-0.15, -0.1) is 10.2 Å². The molecule has 0 aliphatic heterocycles. The van der Waals surface area contributed by atoms with E-state index in [9.17, 15) is 0 Å². The van der Waals surface area contributed by atoms with Gasteiger partial charge < -0.3 is 19.2 Å². The largest absolute Gasteiger partial charge is 0.497 e. The van der Waals surface area contributed by atoms with Crippen LogP contribution < -0.4 is 14.8 Å². The van der Waals surface area contributed by atoms with E-state index in [0.29, 0.717) is 33.9 Å². The molecule has 0 radical (unpaired) electrons. The van der Waals surface area contributed by atoms with Gasteiger partial charge in [-0.05, 0) is 29.8 Å². The Bertz CT molecular complexity index is 1130. The third-order valence-corrected chi connectivity index (χ3v) is 4.96. The molecule has 1 N–H and O–H groups in total. The molecule has 1 heterocycles. The van der Waals surface area contributed by atoms with Crippen molar-refractivity contribution in [2.24, 2.45) is 0 Å². The van der Waals surface area contributed by atoms with Crippen molar-refractivity contribution in [3.05, 3.63) is 89.3 Å². The summed E-state index contributed by atoms with van der Waals surface area (Å²) in [5.41, 5.74) is 2.42. The van der Waals surface area contributed by atoms with Crippen LogP contribution in [0.1, 0.15) is 17.5 Å². The van der Waals surface area contributed by atoms with Crippen molar-refractivity contribution in [1.29, 1.82) is 0 Å². The topological polar surface area (TPSA) is 69.4 Å². The van der Waals surface area contributed by atoms with Gasteiger partial charge in [0.05, 0.1) is 30.5 Å². The Hall–Kier alpha value is -3.51. The number of anilines is 1. The minimum Gasteiger partial charge on any atom is -0.497 e. The number of halogens is 1. The molecule has 1 aromatic heterocycles. The maximum absolute atomic E-state index is 6.29. The van der Waals surface area contributed by atoms with Crippen molar-refractivity contribution in [2.45, 2.75) is 6.04 Å². The number of benzene rings is 3. The average molecular weight is 422 g/mol. The summed E-state index contributed by atoms with van der Waals surface area (Å²) in [6, 6.07) is 22.4. The molecule has 3 aromatic carbocycles. The van der Waals surface area contributed by atoms with Crippen LogP contribution in [0.15, 0.2) is 77.2 Å². The highest BCUT2D eigenvalue weighted by Gasteiger charge is 2.23. The third kappa shape index (κ3) is 4.09. The summed E-state index contributed by atoms with van der Waals surface area (Å²) < 4.78 is 16.8. The van der Waals surface area contributed by atoms with Gasteiger partial charge in [0, 0.05) is 6.07 Å². The number of rotatable bonds is 7. The Balaban J connectivity index is 1.73. The van der Waals surface area contributed by atoms with Crippen molar-refractivity contribution in [2.75, 3.05) is 19.5 Å². The number of nitrogens with one attached hydrogen (secondary N) is 1. The number of ether oxygens (including phenoxy) is 2. The molecule has 0 saturated heterocycles. The van der Waals surface area contributed by atoms with Crippen LogP contribution in [0.5, 0.6) is 11.5 Å². The lowest BCUT2D eigenvalue weighted by molar-refractivity contribution is 0.395. The van der Waals surface area contributed by atoms with Gasteiger partial charge in [0.2, 0.25) is 11.8 Å². The number of hydrogen-bond donors (Lipinski definition) is 1. The van der Waals surface area contributed by atoms with E-state index in [1.807, 2.05) is 66.7 Å². The van der Waals surface area contributed by atoms with Crippen molar-refractivity contribution in [3.63, 3.8) is 0 Å². The van der Waals surface area contributed by atoms with Crippen molar-refractivity contribution >= 4 is 17.3 Å². The quantitative estimate of drug-likeness (QED) is 0.418. The zero-order valence-corrected chi connectivity index (χ0v) is 17.3. The third-order valence-electron chi connectivity index (χ3n) is 4.63. The molecule has 0 aliphatic carbocycles. The van der Waals surface area contributed by atoms with Crippen LogP contribution >= 0.6 is 11.6 Å². The van der Waals surface area contributed by atoms with E-state index in [1.54, 1.807) is 20.3 Å². The van der Waals surface area contributed by atoms with Crippen LogP contribution in [0.3, 0.4) is 0 Å². The SMILES string of the molecule is COc1ccc(NC(c2ccccc2)c2nnc(-c3ccccc3Cl)o2)c(OC)c1. The molecule has 1 unspecified atom stereocenters. The molecule has 0 saturated carbocycles. The zero-order valence-electron chi connectivity index (χ0n) is 16.5. The van der Waals surface area contributed by atoms with Crippen LogP contribution in [0.2, 0.25) is 5.02 Å². The molecule has 0 bridgehead atoms. The Labute approximate surface area is 179 Å². The van der Waals surface area contributed by atoms with Gasteiger partial charge in [0.1, 0.15) is 17.5 Å². The summed E-state index contributed by atoms with van der Waals surface area (Å²) in [5, 5.41) is 12.5. The fourth-order valence-electron chi connectivity index (χ4n) is 3.10. The van der Waals surface area contributed by atoms with Crippen molar-refractivity contribution < 1.29 is 13.9 Å². The fraction of sp³-hybridized carbons (Fsp3) is 0.130. The van der Waals surface area contributed by atoms with Gasteiger partial charge in [-0.2, -0.15) is 0 Å². The van der Waals surface area contributed by atoms with E-state index in [4.69, 9.17) is 25.5 Å². The average Bonchev–Trinajstić information content (AvgIpc) is 3.28. The maximum atomic E-state index is 6.29. The fourth-order valence-corrected chi connectivity index (χ4v) is 3.32. The minimum absolute atomic E-state index is 0.361. The standard InChI is InChI=1S/C23H20ClN3O3/c1-28-16-12-13-19(20(14-16)29-2)25-21(15-8-4-3-5-9-15)23-27-26-22(30-23)17-10-6-7-11-18(17)24/h3-14,21,25H,1-2H3. The predicted molar refractivity (Wildman–Crippen MR) is 116 cm³/mol. The van der Waals surface area contributed by atoms with Crippen LogP contribution in [0.25, 0.3) is 11.5 Å². The van der Waals surface area contributed by atoms with E-state index in [0.717, 1.165) is 11.3 Å². The number of nitrogens with zero attached hydrogens (tertiary/aromatic N) is 2. The summed E-state index contributed by atoms with van der Waals surface area (Å²) in [4.78, 5) is 0. The second-order valence-corrected chi connectivity index (χ2v) is 6.89. The van der Waals surface area contributed by atoms with Gasteiger partial charge in [-0.3, -0.25) is 0 Å². The molecule has 0 spiro atoms. The zero-order chi connectivity index (χ0) is 20.9. The first kappa shape index (κ1) is 19.8. The van der Waals surface area contributed by atoms with Crippen molar-refractivity contribution in [1.82, 2.24) is 10.2 Å². The highest BCUT2D eigenvalue weighted by atomic mass is 35.5. The van der Waals surface area contributed by atoms with E-state index in [-0.39, 0.29) is 0 Å². The first-order valence-electron chi connectivity index (χ1n) is 9.31. The normalized spacial score (nSPS) is 11.7. The molecule has 0 fully saturated rings. The monoisotopic (exact) mass is 421 g/mol. The smallest absolute Gasteiger partial charge is 0.249 e. The first-order valence-corrected chi connectivity index (χ1v) is 9.69. The van der Waals surface area contributed by atoms with E-state index in [1.165, 1.54) is 0 Å². The maximum Gasteiger partial charge on any atom is 0.249 e. The Morgan fingerprint density at radius 3 is 2.40 bits per heavy atom. The summed E-state index contributed by atoms with van der Waals surface area (Å²) in [6.07, 6.45) is 0. The molecular formula is C23H20ClN3O3. The van der Waals surface area contributed by atoms with Gasteiger partial charge in [0.15, 0.2) is 0 Å².